The molecule has 0 aromatic carbocycles. The predicted molar refractivity (Wildman–Crippen MR) is 60.1 cm³/mol. The highest BCUT2D eigenvalue weighted by atomic mass is 127. The molecular formula is C8H12BrF2I. The molecule has 4 heteroatoms. The van der Waals surface area contributed by atoms with Gasteiger partial charge in [-0.05, 0) is 51.4 Å². The first-order valence-corrected chi connectivity index (χ1v) is 5.75. The number of allylic oxidation sites excluding steroid dienone is 2. The van der Waals surface area contributed by atoms with E-state index in [-0.39, 0.29) is 3.58 Å². The number of hydrogen-bond acceptors (Lipinski definition) is 0. The fraction of sp³-hybridized carbons (Fsp3) is 0.750. The zero-order chi connectivity index (χ0) is 9.78. The van der Waals surface area contributed by atoms with Gasteiger partial charge in [-0.2, -0.15) is 8.78 Å². The monoisotopic (exact) mass is 352 g/mol. The van der Waals surface area contributed by atoms with Crippen molar-refractivity contribution in [1.82, 2.24) is 0 Å². The van der Waals surface area contributed by atoms with E-state index in [1.807, 2.05) is 13.8 Å². The summed E-state index contributed by atoms with van der Waals surface area (Å²) in [5.74, 6) is 0. The first-order chi connectivity index (χ1) is 5.43. The summed E-state index contributed by atoms with van der Waals surface area (Å²) in [7, 11) is 0. The molecule has 0 aliphatic heterocycles. The van der Waals surface area contributed by atoms with E-state index in [4.69, 9.17) is 0 Å². The predicted octanol–water partition coefficient (Wildman–Crippen LogP) is 4.87. The summed E-state index contributed by atoms with van der Waals surface area (Å²) in [4.78, 5) is -2.84. The van der Waals surface area contributed by atoms with Gasteiger partial charge in [0, 0.05) is 0 Å². The van der Waals surface area contributed by atoms with Crippen LogP contribution in [0.1, 0.15) is 33.1 Å². The molecule has 0 rings (SSSR count). The standard InChI is InChI=1S/C8H12BrF2I/c1-3-5-6(4-2)7(12)8(9,10)11/h3-5H2,1-2H3. The average Bonchev–Trinajstić information content (AvgIpc) is 1.97. The minimum absolute atomic E-state index is 0.143. The molecule has 0 amide bonds. The van der Waals surface area contributed by atoms with Crippen LogP contribution in [0.4, 0.5) is 8.78 Å². The third-order valence-corrected chi connectivity index (χ3v) is 4.12. The van der Waals surface area contributed by atoms with Crippen LogP contribution in [0.25, 0.3) is 0 Å². The zero-order valence-electron chi connectivity index (χ0n) is 7.13. The second kappa shape index (κ2) is 5.52. The largest absolute Gasteiger partial charge is 0.332 e. The van der Waals surface area contributed by atoms with Crippen LogP contribution in [-0.4, -0.2) is 4.83 Å². The van der Waals surface area contributed by atoms with Crippen LogP contribution in [-0.2, 0) is 0 Å². The van der Waals surface area contributed by atoms with Crippen LogP contribution in [0.3, 0.4) is 0 Å². The lowest BCUT2D eigenvalue weighted by atomic mass is 10.1. The molecule has 0 unspecified atom stereocenters. The SMILES string of the molecule is CCCC(CC)=C(I)C(F)(F)Br. The maximum atomic E-state index is 12.7. The van der Waals surface area contributed by atoms with Crippen molar-refractivity contribution in [3.63, 3.8) is 0 Å². The molecule has 0 aromatic heterocycles. The molecule has 0 aromatic rings. The Morgan fingerprint density at radius 3 is 2.17 bits per heavy atom. The van der Waals surface area contributed by atoms with Gasteiger partial charge >= 0.3 is 4.83 Å². The van der Waals surface area contributed by atoms with E-state index >= 15 is 0 Å². The topological polar surface area (TPSA) is 0 Å². The van der Waals surface area contributed by atoms with Gasteiger partial charge < -0.3 is 0 Å². The van der Waals surface area contributed by atoms with E-state index in [9.17, 15) is 8.78 Å². The van der Waals surface area contributed by atoms with E-state index in [0.29, 0.717) is 6.42 Å². The lowest BCUT2D eigenvalue weighted by molar-refractivity contribution is 0.167. The van der Waals surface area contributed by atoms with Gasteiger partial charge in [-0.1, -0.05) is 25.8 Å². The maximum absolute atomic E-state index is 12.7. The van der Waals surface area contributed by atoms with Gasteiger partial charge in [0.05, 0.1) is 3.58 Å². The Balaban J connectivity index is 4.60. The molecule has 0 N–H and O–H groups in total. The first-order valence-electron chi connectivity index (χ1n) is 3.88. The van der Waals surface area contributed by atoms with Gasteiger partial charge in [-0.3, -0.25) is 0 Å². The number of rotatable bonds is 4. The Bertz CT molecular complexity index is 172. The van der Waals surface area contributed by atoms with E-state index in [2.05, 4.69) is 15.9 Å². The van der Waals surface area contributed by atoms with Gasteiger partial charge in [0.2, 0.25) is 0 Å². The van der Waals surface area contributed by atoms with Crippen LogP contribution < -0.4 is 0 Å². The highest BCUT2D eigenvalue weighted by Gasteiger charge is 2.30. The van der Waals surface area contributed by atoms with Crippen molar-refractivity contribution >= 4 is 38.5 Å². The Kier molecular flexibility index (Phi) is 5.89. The summed E-state index contributed by atoms with van der Waals surface area (Å²) >= 11 is 4.07. The Labute approximate surface area is 94.1 Å². The molecule has 0 fully saturated rings. The van der Waals surface area contributed by atoms with Gasteiger partial charge in [0.15, 0.2) is 0 Å². The molecule has 0 spiro atoms. The van der Waals surface area contributed by atoms with Crippen molar-refractivity contribution < 1.29 is 8.78 Å². The highest BCUT2D eigenvalue weighted by Crippen LogP contribution is 2.39. The second-order valence-corrected chi connectivity index (χ2v) is 4.59. The maximum Gasteiger partial charge on any atom is 0.332 e. The quantitative estimate of drug-likeness (QED) is 0.500. The molecule has 0 saturated heterocycles. The van der Waals surface area contributed by atoms with Crippen molar-refractivity contribution in [2.45, 2.75) is 37.9 Å². The minimum Gasteiger partial charge on any atom is -0.188 e. The molecule has 0 bridgehead atoms. The lowest BCUT2D eigenvalue weighted by Crippen LogP contribution is -2.06. The van der Waals surface area contributed by atoms with Gasteiger partial charge in [-0.15, -0.1) is 0 Å². The summed E-state index contributed by atoms with van der Waals surface area (Å²) < 4.78 is 25.6. The average molecular weight is 353 g/mol. The Morgan fingerprint density at radius 1 is 1.42 bits per heavy atom. The molecule has 0 atom stereocenters. The lowest BCUT2D eigenvalue weighted by Gasteiger charge is -2.12. The molecule has 12 heavy (non-hydrogen) atoms. The van der Waals surface area contributed by atoms with E-state index in [0.717, 1.165) is 18.4 Å². The van der Waals surface area contributed by atoms with E-state index < -0.39 is 4.83 Å². The smallest absolute Gasteiger partial charge is 0.188 e. The number of halogens is 4. The van der Waals surface area contributed by atoms with Crippen LogP contribution in [0.5, 0.6) is 0 Å². The van der Waals surface area contributed by atoms with E-state index in [1.165, 1.54) is 0 Å². The number of alkyl halides is 3. The number of hydrogen-bond donors (Lipinski definition) is 0. The summed E-state index contributed by atoms with van der Waals surface area (Å²) in [6.07, 6.45) is 2.38. The zero-order valence-corrected chi connectivity index (χ0v) is 10.9. The van der Waals surface area contributed by atoms with Gasteiger partial charge in [0.1, 0.15) is 0 Å². The van der Waals surface area contributed by atoms with Crippen molar-refractivity contribution in [3.05, 3.63) is 9.15 Å². The summed E-state index contributed by atoms with van der Waals surface area (Å²) in [6.45, 7) is 3.90. The van der Waals surface area contributed by atoms with Crippen LogP contribution in [0.2, 0.25) is 0 Å². The molecule has 0 heterocycles. The molecule has 0 nitrogen and oxygen atoms in total. The van der Waals surface area contributed by atoms with Crippen molar-refractivity contribution in [3.8, 4) is 0 Å². The highest BCUT2D eigenvalue weighted by molar-refractivity contribution is 14.1. The summed E-state index contributed by atoms with van der Waals surface area (Å²) in [6, 6.07) is 0. The van der Waals surface area contributed by atoms with Gasteiger partial charge in [0.25, 0.3) is 0 Å². The fourth-order valence-corrected chi connectivity index (χ4v) is 1.88. The molecule has 0 aliphatic rings. The Hall–Kier alpha value is 0.810. The molecule has 0 saturated carbocycles. The summed E-state index contributed by atoms with van der Waals surface area (Å²) in [5, 5.41) is 0. The van der Waals surface area contributed by atoms with Crippen LogP contribution in [0, 0.1) is 0 Å². The normalized spacial score (nSPS) is 14.5. The molecule has 0 aliphatic carbocycles. The second-order valence-electron chi connectivity index (χ2n) is 2.52. The fourth-order valence-electron chi connectivity index (χ4n) is 0.944. The minimum atomic E-state index is -2.84. The molecule has 72 valence electrons. The third-order valence-electron chi connectivity index (χ3n) is 1.54. The van der Waals surface area contributed by atoms with Crippen molar-refractivity contribution in [2.75, 3.05) is 0 Å². The third kappa shape index (κ3) is 4.16. The molecule has 0 radical (unpaired) electrons. The Morgan fingerprint density at radius 2 is 1.92 bits per heavy atom. The molecular weight excluding hydrogens is 341 g/mol. The van der Waals surface area contributed by atoms with Crippen LogP contribution in [0.15, 0.2) is 9.15 Å². The van der Waals surface area contributed by atoms with Crippen LogP contribution >= 0.6 is 38.5 Å². The first kappa shape index (κ1) is 12.8. The summed E-state index contributed by atoms with van der Waals surface area (Å²) in [5.41, 5.74) is 0.847. The van der Waals surface area contributed by atoms with E-state index in [1.54, 1.807) is 22.6 Å². The van der Waals surface area contributed by atoms with Crippen molar-refractivity contribution in [2.24, 2.45) is 0 Å². The van der Waals surface area contributed by atoms with Crippen molar-refractivity contribution in [1.29, 1.82) is 0 Å². The van der Waals surface area contributed by atoms with Gasteiger partial charge in [-0.25, -0.2) is 0 Å².